The van der Waals surface area contributed by atoms with E-state index in [-0.39, 0.29) is 31.2 Å². The molecule has 0 bridgehead atoms. The van der Waals surface area contributed by atoms with Crippen molar-refractivity contribution in [2.45, 2.75) is 58.0 Å². The van der Waals surface area contributed by atoms with Crippen LogP contribution in [0.15, 0.2) is 53.7 Å². The first-order valence-electron chi connectivity index (χ1n) is 14.3. The van der Waals surface area contributed by atoms with Gasteiger partial charge in [-0.1, -0.05) is 24.1 Å². The van der Waals surface area contributed by atoms with Crippen LogP contribution in [0.2, 0.25) is 0 Å². The van der Waals surface area contributed by atoms with E-state index in [4.69, 9.17) is 5.11 Å². The Hall–Kier alpha value is -3.89. The fraction of sp³-hybridized carbons (Fsp3) is 0.438. The second-order valence-corrected chi connectivity index (χ2v) is 11.0. The number of allylic oxidation sites excluding steroid dienone is 2. The van der Waals surface area contributed by atoms with Gasteiger partial charge in [-0.15, -0.1) is 0 Å². The van der Waals surface area contributed by atoms with Gasteiger partial charge >= 0.3 is 5.97 Å². The summed E-state index contributed by atoms with van der Waals surface area (Å²) in [7, 11) is 0. The number of likely N-dealkylation sites (tertiary alicyclic amines) is 1. The molecule has 2 aliphatic rings. The van der Waals surface area contributed by atoms with E-state index >= 15 is 0 Å². The van der Waals surface area contributed by atoms with Crippen molar-refractivity contribution >= 4 is 29.4 Å². The third-order valence-electron chi connectivity index (χ3n) is 8.24. The van der Waals surface area contributed by atoms with Gasteiger partial charge in [0.25, 0.3) is 0 Å². The van der Waals surface area contributed by atoms with Crippen LogP contribution in [0.1, 0.15) is 63.1 Å². The van der Waals surface area contributed by atoms with Crippen LogP contribution < -0.4 is 0 Å². The van der Waals surface area contributed by atoms with E-state index in [9.17, 15) is 34.1 Å². The van der Waals surface area contributed by atoms with E-state index < -0.39 is 48.0 Å². The van der Waals surface area contributed by atoms with E-state index in [0.717, 1.165) is 11.1 Å². The molecule has 2 aromatic rings. The summed E-state index contributed by atoms with van der Waals surface area (Å²) in [6, 6.07) is 9.46. The maximum atomic E-state index is 14.0. The highest BCUT2D eigenvalue weighted by molar-refractivity contribution is 6.05. The molecule has 224 valence electrons. The third-order valence-corrected chi connectivity index (χ3v) is 8.24. The van der Waals surface area contributed by atoms with Crippen LogP contribution in [0.4, 0.5) is 4.39 Å². The molecule has 42 heavy (non-hydrogen) atoms. The van der Waals surface area contributed by atoms with Crippen molar-refractivity contribution in [1.29, 1.82) is 0 Å². The summed E-state index contributed by atoms with van der Waals surface area (Å²) in [6.45, 7) is 1.63. The maximum Gasteiger partial charge on any atom is 0.303 e. The molecule has 1 fully saturated rings. The number of aliphatic carboxylic acids is 1. The number of carboxylic acid groups (broad SMARTS) is 1. The molecule has 10 heteroatoms. The Morgan fingerprint density at radius 1 is 1.14 bits per heavy atom. The minimum atomic E-state index is -1.00. The van der Waals surface area contributed by atoms with E-state index in [1.54, 1.807) is 30.5 Å². The van der Waals surface area contributed by atoms with Crippen LogP contribution in [-0.2, 0) is 14.4 Å². The van der Waals surface area contributed by atoms with Gasteiger partial charge in [-0.3, -0.25) is 24.3 Å². The van der Waals surface area contributed by atoms with Crippen LogP contribution in [-0.4, -0.2) is 67.3 Å². The minimum absolute atomic E-state index is 0.0349. The van der Waals surface area contributed by atoms with Gasteiger partial charge in [-0.05, 0) is 86.1 Å². The number of carbonyl (C=O) groups is 3. The fourth-order valence-corrected chi connectivity index (χ4v) is 6.21. The van der Waals surface area contributed by atoms with Crippen molar-refractivity contribution in [2.24, 2.45) is 17.8 Å². The number of rotatable bonds is 13. The molecule has 0 radical (unpaired) electrons. The monoisotopic (exact) mass is 580 g/mol. The zero-order valence-electron chi connectivity index (χ0n) is 23.6. The number of aromatic nitrogens is 1. The molecule has 1 aliphatic carbocycles. The zero-order valence-corrected chi connectivity index (χ0v) is 23.6. The maximum absolute atomic E-state index is 14.0. The van der Waals surface area contributed by atoms with E-state index in [1.807, 2.05) is 13.0 Å². The van der Waals surface area contributed by atoms with E-state index in [2.05, 4.69) is 4.98 Å². The average Bonchev–Trinajstić information content (AvgIpc) is 3.20. The summed E-state index contributed by atoms with van der Waals surface area (Å²) in [5.74, 6) is -4.80. The lowest BCUT2D eigenvalue weighted by Crippen LogP contribution is -2.39. The molecule has 4 N–H and O–H groups in total. The number of aromatic hydroxyl groups is 1. The number of carbonyl (C=O) groups excluding carboxylic acids is 2. The number of amides is 2. The molecule has 4 atom stereocenters. The number of benzene rings is 1. The Kier molecular flexibility index (Phi) is 10.2. The summed E-state index contributed by atoms with van der Waals surface area (Å²) in [5.41, 5.74) is 3.23. The molecule has 0 unspecified atom stereocenters. The summed E-state index contributed by atoms with van der Waals surface area (Å²) < 4.78 is 14.0. The minimum Gasteiger partial charge on any atom is -0.505 e. The molecule has 0 saturated carbocycles. The normalized spacial score (nSPS) is 21.6. The van der Waals surface area contributed by atoms with Crippen molar-refractivity contribution < 1.29 is 39.2 Å². The van der Waals surface area contributed by atoms with Crippen LogP contribution in [0.3, 0.4) is 0 Å². The number of phenolic OH excluding ortho intramolecular Hbond substituents is 1. The Morgan fingerprint density at radius 3 is 2.60 bits per heavy atom. The van der Waals surface area contributed by atoms with Gasteiger partial charge in [0.1, 0.15) is 0 Å². The second kappa shape index (κ2) is 13.8. The Labute approximate surface area is 244 Å². The third kappa shape index (κ3) is 6.94. The molecule has 2 heterocycles. The van der Waals surface area contributed by atoms with E-state index in [1.165, 1.54) is 17.0 Å². The number of halogens is 1. The largest absolute Gasteiger partial charge is 0.505 e. The van der Waals surface area contributed by atoms with Gasteiger partial charge in [0.05, 0.1) is 30.2 Å². The molecular weight excluding hydrogens is 543 g/mol. The molecule has 1 aromatic carbocycles. The number of aliphatic hydroxyl groups is 2. The Morgan fingerprint density at radius 2 is 1.93 bits per heavy atom. The fourth-order valence-electron chi connectivity index (χ4n) is 6.21. The number of aliphatic hydroxyl groups excluding tert-OH is 2. The number of hydrogen-bond acceptors (Lipinski definition) is 7. The van der Waals surface area contributed by atoms with Crippen LogP contribution >= 0.6 is 0 Å². The standard InChI is InChI=1S/C32H37FN2O7/c1-19-15-22-30(32(42)35(31(22)41)14-6-2-3-8-28(39)40)23(18-36)29(19)27(38)12-10-21(25-7-4-5-13-34-25)16-20-9-11-26(37)24(33)17-20/h4-5,7,9,11,13,16-17,22-23,27,30,36-38H,2-3,6,8,10,12,14-15,18H2,1H3,(H,39,40)/b21-16-/t22-,23+,27-,30-/m1/s1. The number of phenols is 1. The van der Waals surface area contributed by atoms with Crippen molar-refractivity contribution in [1.82, 2.24) is 9.88 Å². The Balaban J connectivity index is 1.50. The summed E-state index contributed by atoms with van der Waals surface area (Å²) in [6.07, 6.45) is 4.84. The van der Waals surface area contributed by atoms with Crippen molar-refractivity contribution in [3.63, 3.8) is 0 Å². The van der Waals surface area contributed by atoms with Crippen molar-refractivity contribution in [3.8, 4) is 5.75 Å². The van der Waals surface area contributed by atoms with Gasteiger partial charge in [0.2, 0.25) is 11.8 Å². The zero-order chi connectivity index (χ0) is 30.4. The molecular formula is C32H37FN2O7. The van der Waals surface area contributed by atoms with Gasteiger partial charge < -0.3 is 20.4 Å². The Bertz CT molecular complexity index is 1370. The first kappa shape index (κ1) is 31.1. The highest BCUT2D eigenvalue weighted by Gasteiger charge is 2.54. The van der Waals surface area contributed by atoms with Crippen LogP contribution in [0, 0.1) is 23.6 Å². The van der Waals surface area contributed by atoms with Gasteiger partial charge in [0, 0.05) is 25.1 Å². The first-order valence-corrected chi connectivity index (χ1v) is 14.3. The summed E-state index contributed by atoms with van der Waals surface area (Å²) in [5, 5.41) is 40.2. The molecule has 4 rings (SSSR count). The second-order valence-electron chi connectivity index (χ2n) is 11.0. The number of carboxylic acids is 1. The quantitative estimate of drug-likeness (QED) is 0.157. The smallest absolute Gasteiger partial charge is 0.303 e. The summed E-state index contributed by atoms with van der Waals surface area (Å²) in [4.78, 5) is 43.0. The number of hydrogen-bond donors (Lipinski definition) is 4. The van der Waals surface area contributed by atoms with Crippen molar-refractivity contribution in [3.05, 3.63) is 70.8 Å². The summed E-state index contributed by atoms with van der Waals surface area (Å²) >= 11 is 0. The number of imide groups is 1. The number of nitrogens with zero attached hydrogens (tertiary/aromatic N) is 2. The highest BCUT2D eigenvalue weighted by Crippen LogP contribution is 2.46. The molecule has 1 aromatic heterocycles. The highest BCUT2D eigenvalue weighted by atomic mass is 19.1. The number of fused-ring (bicyclic) bond motifs is 1. The van der Waals surface area contributed by atoms with Crippen molar-refractivity contribution in [2.75, 3.05) is 13.2 Å². The van der Waals surface area contributed by atoms with Gasteiger partial charge in [-0.2, -0.15) is 0 Å². The molecule has 2 amide bonds. The van der Waals surface area contributed by atoms with E-state index in [0.29, 0.717) is 48.9 Å². The number of unbranched alkanes of at least 4 members (excludes halogenated alkanes) is 2. The predicted octanol–water partition coefficient (Wildman–Crippen LogP) is 4.18. The van der Waals surface area contributed by atoms with Crippen LogP contribution in [0.25, 0.3) is 11.6 Å². The van der Waals surface area contributed by atoms with Crippen LogP contribution in [0.5, 0.6) is 5.75 Å². The molecule has 9 nitrogen and oxygen atoms in total. The predicted molar refractivity (Wildman–Crippen MR) is 153 cm³/mol. The average molecular weight is 581 g/mol. The first-order chi connectivity index (χ1) is 20.1. The van der Waals surface area contributed by atoms with Gasteiger partial charge in [-0.25, -0.2) is 4.39 Å². The lowest BCUT2D eigenvalue weighted by Gasteiger charge is -2.35. The SMILES string of the molecule is CC1=C([C@H](O)CC/C(=C/c2ccc(O)c(F)c2)c2ccccn2)[C@H](CO)[C@@H]2C(=O)N(CCCCCC(=O)O)C(=O)[C@@H]2C1. The number of pyridine rings is 1. The molecule has 1 aliphatic heterocycles. The topological polar surface area (TPSA) is 148 Å². The molecule has 1 saturated heterocycles. The molecule has 0 spiro atoms. The lowest BCUT2D eigenvalue weighted by atomic mass is 9.68. The lowest BCUT2D eigenvalue weighted by molar-refractivity contribution is -0.141. The van der Waals surface area contributed by atoms with Gasteiger partial charge in [0.15, 0.2) is 11.6 Å².